The van der Waals surface area contributed by atoms with Crippen molar-refractivity contribution in [2.75, 3.05) is 0 Å². The summed E-state index contributed by atoms with van der Waals surface area (Å²) in [5.41, 5.74) is 1.37. The van der Waals surface area contributed by atoms with Crippen molar-refractivity contribution in [2.24, 2.45) is 5.92 Å². The lowest BCUT2D eigenvalue weighted by molar-refractivity contribution is -0.130. The van der Waals surface area contributed by atoms with Gasteiger partial charge in [0.05, 0.1) is 0 Å². The molecule has 3 heteroatoms. The molecule has 0 unspecified atom stereocenters. The van der Waals surface area contributed by atoms with Crippen LogP contribution in [0.15, 0.2) is 11.6 Å². The van der Waals surface area contributed by atoms with Crippen molar-refractivity contribution in [3.05, 3.63) is 11.6 Å². The van der Waals surface area contributed by atoms with Crippen LogP contribution in [0.5, 0.6) is 0 Å². The molecule has 0 saturated heterocycles. The van der Waals surface area contributed by atoms with Crippen molar-refractivity contribution < 1.29 is 9.22 Å². The molecular formula is C18H34O2Si. The summed E-state index contributed by atoms with van der Waals surface area (Å²) in [7, 11) is -1.70. The van der Waals surface area contributed by atoms with E-state index in [4.69, 9.17) is 4.43 Å². The fourth-order valence-corrected chi connectivity index (χ4v) is 6.18. The van der Waals surface area contributed by atoms with Crippen LogP contribution in [0.2, 0.25) is 18.1 Å². The van der Waals surface area contributed by atoms with Gasteiger partial charge in [-0.15, -0.1) is 0 Å². The van der Waals surface area contributed by atoms with Crippen molar-refractivity contribution in [3.63, 3.8) is 0 Å². The summed E-state index contributed by atoms with van der Waals surface area (Å²) in [4.78, 5) is 12.9. The second-order valence-electron chi connectivity index (χ2n) is 6.58. The van der Waals surface area contributed by atoms with E-state index in [1.165, 1.54) is 5.57 Å². The Balaban J connectivity index is 2.86. The minimum Gasteiger partial charge on any atom is -0.407 e. The maximum Gasteiger partial charge on any atom is 0.193 e. The molecule has 2 nitrogen and oxygen atoms in total. The lowest BCUT2D eigenvalue weighted by Gasteiger charge is -2.33. The highest BCUT2D eigenvalue weighted by molar-refractivity contribution is 6.73. The van der Waals surface area contributed by atoms with Crippen LogP contribution in [0.25, 0.3) is 0 Å². The normalized spacial score (nSPS) is 23.9. The molecule has 1 rings (SSSR count). The van der Waals surface area contributed by atoms with Crippen LogP contribution < -0.4 is 0 Å². The predicted molar refractivity (Wildman–Crippen MR) is 93.1 cm³/mol. The molecule has 2 atom stereocenters. The lowest BCUT2D eigenvalue weighted by Crippen LogP contribution is -2.43. The van der Waals surface area contributed by atoms with Gasteiger partial charge in [-0.1, -0.05) is 52.2 Å². The molecule has 0 aliphatic heterocycles. The number of Topliss-reactive ketones (excluding diaryl/α,β-unsaturated/α-hetero) is 1. The number of carbonyl (C=O) groups excluding carboxylic acids is 1. The van der Waals surface area contributed by atoms with Crippen LogP contribution in [0.1, 0.15) is 66.7 Å². The van der Waals surface area contributed by atoms with E-state index in [2.05, 4.69) is 40.7 Å². The van der Waals surface area contributed by atoms with Gasteiger partial charge in [-0.05, 0) is 44.3 Å². The Hall–Kier alpha value is -0.413. The van der Waals surface area contributed by atoms with Gasteiger partial charge in [-0.3, -0.25) is 4.79 Å². The molecule has 0 N–H and O–H groups in total. The number of unbranched alkanes of at least 4 members (excludes halogenated alkanes) is 1. The summed E-state index contributed by atoms with van der Waals surface area (Å²) in [6.07, 6.45) is 7.15. The van der Waals surface area contributed by atoms with E-state index in [1.54, 1.807) is 0 Å². The first kappa shape index (κ1) is 18.6. The van der Waals surface area contributed by atoms with Crippen LogP contribution in [-0.4, -0.2) is 20.2 Å². The zero-order chi connectivity index (χ0) is 15.9. The van der Waals surface area contributed by atoms with Crippen molar-refractivity contribution in [1.29, 1.82) is 0 Å². The number of hydrogen-bond acceptors (Lipinski definition) is 2. The first-order chi connectivity index (χ1) is 10.0. The van der Waals surface area contributed by atoms with Crippen molar-refractivity contribution in [3.8, 4) is 0 Å². The van der Waals surface area contributed by atoms with Gasteiger partial charge in [0.25, 0.3) is 0 Å². The summed E-state index contributed by atoms with van der Waals surface area (Å²) in [6.45, 7) is 11.1. The average molecular weight is 311 g/mol. The molecule has 0 radical (unpaired) electrons. The number of carbonyl (C=O) groups is 1. The Labute approximate surface area is 132 Å². The highest BCUT2D eigenvalue weighted by Crippen LogP contribution is 2.31. The first-order valence-corrected chi connectivity index (χ1v) is 11.4. The van der Waals surface area contributed by atoms with E-state index in [0.29, 0.717) is 5.78 Å². The smallest absolute Gasteiger partial charge is 0.193 e. The fraction of sp³-hybridized carbons (Fsp3) is 0.833. The quantitative estimate of drug-likeness (QED) is 0.437. The van der Waals surface area contributed by atoms with Crippen LogP contribution in [-0.2, 0) is 9.22 Å². The highest BCUT2D eigenvalue weighted by atomic mass is 28.4. The maximum atomic E-state index is 12.9. The van der Waals surface area contributed by atoms with Crippen LogP contribution in [0.3, 0.4) is 0 Å². The number of ketones is 1. The number of allylic oxidation sites excluding steroid dienone is 1. The van der Waals surface area contributed by atoms with Gasteiger partial charge in [-0.25, -0.2) is 0 Å². The minimum atomic E-state index is -1.70. The van der Waals surface area contributed by atoms with Gasteiger partial charge < -0.3 is 4.43 Å². The Morgan fingerprint density at radius 1 is 1.19 bits per heavy atom. The molecule has 0 aromatic carbocycles. The van der Waals surface area contributed by atoms with E-state index in [-0.39, 0.29) is 12.0 Å². The van der Waals surface area contributed by atoms with Crippen molar-refractivity contribution in [1.82, 2.24) is 0 Å². The molecule has 0 heterocycles. The van der Waals surface area contributed by atoms with Crippen LogP contribution in [0.4, 0.5) is 0 Å². The summed E-state index contributed by atoms with van der Waals surface area (Å²) in [6, 6.07) is 3.35. The molecular weight excluding hydrogens is 276 g/mol. The summed E-state index contributed by atoms with van der Waals surface area (Å²) in [5, 5.41) is 0. The van der Waals surface area contributed by atoms with Gasteiger partial charge in [0.15, 0.2) is 14.1 Å². The molecule has 1 aliphatic carbocycles. The lowest BCUT2D eigenvalue weighted by atomic mass is 9.90. The monoisotopic (exact) mass is 310 g/mol. The van der Waals surface area contributed by atoms with Crippen molar-refractivity contribution >= 4 is 14.1 Å². The van der Waals surface area contributed by atoms with Gasteiger partial charge >= 0.3 is 0 Å². The van der Waals surface area contributed by atoms with Crippen LogP contribution >= 0.6 is 0 Å². The second kappa shape index (κ2) is 8.89. The molecule has 21 heavy (non-hydrogen) atoms. The Kier molecular flexibility index (Phi) is 7.89. The molecule has 122 valence electrons. The molecule has 0 fully saturated rings. The predicted octanol–water partition coefficient (Wildman–Crippen LogP) is 5.49. The van der Waals surface area contributed by atoms with Gasteiger partial charge in [0.2, 0.25) is 0 Å². The largest absolute Gasteiger partial charge is 0.407 e. The van der Waals surface area contributed by atoms with Gasteiger partial charge in [0.1, 0.15) is 6.10 Å². The first-order valence-electron chi connectivity index (χ1n) is 8.89. The summed E-state index contributed by atoms with van der Waals surface area (Å²) in [5.74, 6) is 0.565. The number of hydrogen-bond donors (Lipinski definition) is 0. The van der Waals surface area contributed by atoms with E-state index in [1.807, 2.05) is 0 Å². The third kappa shape index (κ3) is 5.06. The van der Waals surface area contributed by atoms with Crippen molar-refractivity contribution in [2.45, 2.75) is 91.0 Å². The molecule has 0 saturated carbocycles. The van der Waals surface area contributed by atoms with E-state index < -0.39 is 8.32 Å². The third-order valence-electron chi connectivity index (χ3n) is 5.20. The molecule has 0 amide bonds. The molecule has 1 aliphatic rings. The summed E-state index contributed by atoms with van der Waals surface area (Å²) >= 11 is 0. The SMILES string of the molecule is CCCC[C@H]1CC(C)=CC[C@@H](O[Si](CC)(CC)CC)C1=O. The minimum absolute atomic E-state index is 0.171. The molecule has 0 aromatic rings. The Morgan fingerprint density at radius 2 is 1.81 bits per heavy atom. The van der Waals surface area contributed by atoms with Crippen LogP contribution in [0, 0.1) is 5.92 Å². The molecule has 0 spiro atoms. The zero-order valence-electron chi connectivity index (χ0n) is 14.7. The zero-order valence-corrected chi connectivity index (χ0v) is 15.7. The topological polar surface area (TPSA) is 26.3 Å². The Bertz CT molecular complexity index is 350. The van der Waals surface area contributed by atoms with E-state index in [0.717, 1.165) is 50.2 Å². The number of rotatable bonds is 8. The fourth-order valence-electron chi connectivity index (χ4n) is 3.36. The van der Waals surface area contributed by atoms with E-state index in [9.17, 15) is 4.79 Å². The van der Waals surface area contributed by atoms with Gasteiger partial charge in [-0.2, -0.15) is 0 Å². The highest BCUT2D eigenvalue weighted by Gasteiger charge is 2.37. The summed E-state index contributed by atoms with van der Waals surface area (Å²) < 4.78 is 6.52. The maximum absolute atomic E-state index is 12.9. The third-order valence-corrected chi connectivity index (χ3v) is 9.85. The molecule has 0 aromatic heterocycles. The standard InChI is InChI=1S/C18H34O2Si/c1-6-10-11-16-14-15(5)12-13-17(18(16)19)20-21(7-2,8-3)9-4/h12,16-17H,6-11,13-14H2,1-5H3/t16-,17+/m0/s1. The second-order valence-corrected chi connectivity index (χ2v) is 11.3. The Morgan fingerprint density at radius 3 is 2.33 bits per heavy atom. The van der Waals surface area contributed by atoms with Gasteiger partial charge in [0, 0.05) is 5.92 Å². The molecule has 0 bridgehead atoms. The van der Waals surface area contributed by atoms with E-state index >= 15 is 0 Å². The average Bonchev–Trinajstić information content (AvgIpc) is 2.63.